The van der Waals surface area contributed by atoms with Crippen LogP contribution in [0.25, 0.3) is 0 Å². The standard InChI is InChI=1S/C22H27FN2O4S/c1-15-6-4-5-13-25(15)30(27,28)21-14-18(9-12-20(21)29-3)22(26)24-16(2)17-7-10-19(23)11-8-17/h7-12,14-16H,4-6,13H2,1-3H3,(H,24,26). The van der Waals surface area contributed by atoms with Crippen molar-refractivity contribution in [3.05, 3.63) is 59.4 Å². The number of halogens is 1. The Morgan fingerprint density at radius 1 is 1.20 bits per heavy atom. The fourth-order valence-corrected chi connectivity index (χ4v) is 5.57. The van der Waals surface area contributed by atoms with E-state index in [2.05, 4.69) is 5.32 Å². The molecule has 162 valence electrons. The van der Waals surface area contributed by atoms with Crippen LogP contribution in [-0.2, 0) is 10.0 Å². The van der Waals surface area contributed by atoms with E-state index >= 15 is 0 Å². The van der Waals surface area contributed by atoms with Gasteiger partial charge in [-0.3, -0.25) is 4.79 Å². The molecule has 1 heterocycles. The number of nitrogens with zero attached hydrogens (tertiary/aromatic N) is 1. The number of ether oxygens (including phenoxy) is 1. The van der Waals surface area contributed by atoms with Crippen molar-refractivity contribution in [1.82, 2.24) is 9.62 Å². The second-order valence-electron chi connectivity index (χ2n) is 7.57. The molecule has 0 aliphatic carbocycles. The van der Waals surface area contributed by atoms with Crippen LogP contribution in [0.1, 0.15) is 55.1 Å². The van der Waals surface area contributed by atoms with Gasteiger partial charge in [0.25, 0.3) is 5.91 Å². The highest BCUT2D eigenvalue weighted by Crippen LogP contribution is 2.31. The number of piperidine rings is 1. The quantitative estimate of drug-likeness (QED) is 0.749. The van der Waals surface area contributed by atoms with Crippen LogP contribution in [0, 0.1) is 5.82 Å². The normalized spacial score (nSPS) is 18.6. The van der Waals surface area contributed by atoms with Crippen LogP contribution < -0.4 is 10.1 Å². The summed E-state index contributed by atoms with van der Waals surface area (Å²) in [5.74, 6) is -0.567. The van der Waals surface area contributed by atoms with Crippen molar-refractivity contribution in [2.24, 2.45) is 0 Å². The van der Waals surface area contributed by atoms with Gasteiger partial charge >= 0.3 is 0 Å². The summed E-state index contributed by atoms with van der Waals surface area (Å²) < 4.78 is 46.5. The van der Waals surface area contributed by atoms with Gasteiger partial charge < -0.3 is 10.1 Å². The van der Waals surface area contributed by atoms with Gasteiger partial charge in [0.2, 0.25) is 10.0 Å². The van der Waals surface area contributed by atoms with E-state index in [1.807, 2.05) is 6.92 Å². The molecule has 2 unspecified atom stereocenters. The average Bonchev–Trinajstić information content (AvgIpc) is 2.73. The Labute approximate surface area is 177 Å². The van der Waals surface area contributed by atoms with Crippen molar-refractivity contribution >= 4 is 15.9 Å². The molecule has 3 rings (SSSR count). The third kappa shape index (κ3) is 4.65. The molecule has 30 heavy (non-hydrogen) atoms. The first-order valence-electron chi connectivity index (χ1n) is 10.00. The van der Waals surface area contributed by atoms with Crippen LogP contribution >= 0.6 is 0 Å². The van der Waals surface area contributed by atoms with Crippen molar-refractivity contribution in [2.45, 2.75) is 50.1 Å². The fraction of sp³-hybridized carbons (Fsp3) is 0.409. The van der Waals surface area contributed by atoms with Gasteiger partial charge in [-0.25, -0.2) is 12.8 Å². The number of benzene rings is 2. The largest absolute Gasteiger partial charge is 0.495 e. The molecule has 1 N–H and O–H groups in total. The highest BCUT2D eigenvalue weighted by atomic mass is 32.2. The molecule has 0 spiro atoms. The zero-order valence-corrected chi connectivity index (χ0v) is 18.2. The van der Waals surface area contributed by atoms with Gasteiger partial charge in [-0.15, -0.1) is 0 Å². The average molecular weight is 435 g/mol. The maximum atomic E-state index is 13.3. The summed E-state index contributed by atoms with van der Waals surface area (Å²) in [6, 6.07) is 9.77. The van der Waals surface area contributed by atoms with Crippen molar-refractivity contribution in [3.8, 4) is 5.75 Å². The van der Waals surface area contributed by atoms with Crippen LogP contribution in [0.2, 0.25) is 0 Å². The summed E-state index contributed by atoms with van der Waals surface area (Å²) in [7, 11) is -2.40. The van der Waals surface area contributed by atoms with Gasteiger partial charge in [-0.2, -0.15) is 4.31 Å². The number of nitrogens with one attached hydrogen (secondary N) is 1. The molecule has 0 bridgehead atoms. The molecule has 8 heteroatoms. The molecule has 0 radical (unpaired) electrons. The zero-order chi connectivity index (χ0) is 21.9. The Morgan fingerprint density at radius 2 is 1.90 bits per heavy atom. The summed E-state index contributed by atoms with van der Waals surface area (Å²) in [5.41, 5.74) is 0.959. The first-order valence-corrected chi connectivity index (χ1v) is 11.4. The Kier molecular flexibility index (Phi) is 6.77. The van der Waals surface area contributed by atoms with E-state index in [1.54, 1.807) is 19.1 Å². The lowest BCUT2D eigenvalue weighted by atomic mass is 10.1. The second-order valence-corrected chi connectivity index (χ2v) is 9.43. The van der Waals surface area contributed by atoms with Crippen molar-refractivity contribution < 1.29 is 22.3 Å². The highest BCUT2D eigenvalue weighted by molar-refractivity contribution is 7.89. The van der Waals surface area contributed by atoms with Gasteiger partial charge in [0.15, 0.2) is 0 Å². The maximum absolute atomic E-state index is 13.3. The minimum atomic E-state index is -3.81. The van der Waals surface area contributed by atoms with Gasteiger partial charge in [0.05, 0.1) is 13.2 Å². The summed E-state index contributed by atoms with van der Waals surface area (Å²) in [4.78, 5) is 12.8. The topological polar surface area (TPSA) is 75.7 Å². The number of rotatable bonds is 6. The van der Waals surface area contributed by atoms with E-state index in [0.717, 1.165) is 24.8 Å². The smallest absolute Gasteiger partial charge is 0.251 e. The lowest BCUT2D eigenvalue weighted by Crippen LogP contribution is -2.42. The van der Waals surface area contributed by atoms with E-state index in [0.29, 0.717) is 6.54 Å². The number of amides is 1. The number of sulfonamides is 1. The molecule has 6 nitrogen and oxygen atoms in total. The van der Waals surface area contributed by atoms with E-state index < -0.39 is 15.9 Å². The molecule has 1 aliphatic heterocycles. The van der Waals surface area contributed by atoms with Gasteiger partial charge in [0, 0.05) is 18.2 Å². The molecule has 1 saturated heterocycles. The predicted molar refractivity (Wildman–Crippen MR) is 112 cm³/mol. The third-order valence-corrected chi connectivity index (χ3v) is 7.51. The summed E-state index contributed by atoms with van der Waals surface area (Å²) in [6.45, 7) is 4.12. The molecular weight excluding hydrogens is 407 g/mol. The molecule has 1 fully saturated rings. The molecule has 1 aliphatic rings. The Bertz CT molecular complexity index is 1010. The van der Waals surface area contributed by atoms with Crippen molar-refractivity contribution in [3.63, 3.8) is 0 Å². The minimum Gasteiger partial charge on any atom is -0.495 e. The Balaban J connectivity index is 1.88. The molecule has 0 saturated carbocycles. The summed E-state index contributed by atoms with van der Waals surface area (Å²) >= 11 is 0. The molecule has 2 aromatic rings. The number of carbonyl (C=O) groups is 1. The maximum Gasteiger partial charge on any atom is 0.251 e. The first kappa shape index (κ1) is 22.2. The van der Waals surface area contributed by atoms with E-state index in [9.17, 15) is 17.6 Å². The van der Waals surface area contributed by atoms with Crippen molar-refractivity contribution in [2.75, 3.05) is 13.7 Å². The number of hydrogen-bond donors (Lipinski definition) is 1. The van der Waals surface area contributed by atoms with Crippen LogP contribution in [-0.4, -0.2) is 38.3 Å². The van der Waals surface area contributed by atoms with Gasteiger partial charge in [0.1, 0.15) is 16.5 Å². The second kappa shape index (κ2) is 9.14. The number of methoxy groups -OCH3 is 1. The highest BCUT2D eigenvalue weighted by Gasteiger charge is 2.33. The molecule has 2 aromatic carbocycles. The van der Waals surface area contributed by atoms with Crippen LogP contribution in [0.15, 0.2) is 47.4 Å². The lowest BCUT2D eigenvalue weighted by molar-refractivity contribution is 0.0939. The fourth-order valence-electron chi connectivity index (χ4n) is 3.69. The Hall–Kier alpha value is -2.45. The number of carbonyl (C=O) groups excluding carboxylic acids is 1. The van der Waals surface area contributed by atoms with Crippen LogP contribution in [0.3, 0.4) is 0 Å². The molecular formula is C22H27FN2O4S. The molecule has 1 amide bonds. The SMILES string of the molecule is COc1ccc(C(=O)NC(C)c2ccc(F)cc2)cc1S(=O)(=O)N1CCCCC1C. The Morgan fingerprint density at radius 3 is 2.53 bits per heavy atom. The van der Waals surface area contributed by atoms with Crippen LogP contribution in [0.5, 0.6) is 5.75 Å². The summed E-state index contributed by atoms with van der Waals surface area (Å²) in [6.07, 6.45) is 2.60. The zero-order valence-electron chi connectivity index (χ0n) is 17.4. The van der Waals surface area contributed by atoms with E-state index in [1.165, 1.54) is 41.7 Å². The van der Waals surface area contributed by atoms with Crippen molar-refractivity contribution in [1.29, 1.82) is 0 Å². The number of hydrogen-bond acceptors (Lipinski definition) is 4. The summed E-state index contributed by atoms with van der Waals surface area (Å²) in [5, 5.41) is 2.83. The van der Waals surface area contributed by atoms with Crippen LogP contribution in [0.4, 0.5) is 4.39 Å². The monoisotopic (exact) mass is 434 g/mol. The van der Waals surface area contributed by atoms with Gasteiger partial charge in [-0.05, 0) is 62.6 Å². The lowest BCUT2D eigenvalue weighted by Gasteiger charge is -2.32. The molecule has 2 atom stereocenters. The first-order chi connectivity index (χ1) is 14.2. The minimum absolute atomic E-state index is 0.0131. The van der Waals surface area contributed by atoms with E-state index in [4.69, 9.17) is 4.74 Å². The molecule has 0 aromatic heterocycles. The third-order valence-electron chi connectivity index (χ3n) is 5.47. The predicted octanol–water partition coefficient (Wildman–Crippen LogP) is 3.89. The van der Waals surface area contributed by atoms with Gasteiger partial charge in [-0.1, -0.05) is 18.6 Å². The van der Waals surface area contributed by atoms with E-state index in [-0.39, 0.29) is 34.1 Å².